The van der Waals surface area contributed by atoms with E-state index in [0.29, 0.717) is 32.7 Å². The Hall–Kier alpha value is -1.60. The molecule has 122 valence electrons. The van der Waals surface area contributed by atoms with Gasteiger partial charge in [-0.25, -0.2) is 0 Å². The maximum absolute atomic E-state index is 12.5. The Morgan fingerprint density at radius 3 is 2.18 bits per heavy atom. The molecular weight excluding hydrogens is 297 g/mol. The lowest BCUT2D eigenvalue weighted by Gasteiger charge is -2.36. The number of hydrogen-bond donors (Lipinski definition) is 1. The van der Waals surface area contributed by atoms with Crippen LogP contribution in [0.3, 0.4) is 0 Å². The van der Waals surface area contributed by atoms with Crippen LogP contribution in [-0.2, 0) is 17.5 Å². The van der Waals surface area contributed by atoms with Crippen LogP contribution >= 0.6 is 0 Å². The van der Waals surface area contributed by atoms with E-state index in [2.05, 4.69) is 4.90 Å². The second-order valence-corrected chi connectivity index (χ2v) is 5.52. The molecule has 1 fully saturated rings. The van der Waals surface area contributed by atoms with Crippen LogP contribution in [0.2, 0.25) is 0 Å². The van der Waals surface area contributed by atoms with Gasteiger partial charge in [0.1, 0.15) is 6.04 Å². The zero-order chi connectivity index (χ0) is 16.3. The highest BCUT2D eigenvalue weighted by molar-refractivity contribution is 5.72. The third-order valence-electron chi connectivity index (χ3n) is 4.00. The highest BCUT2D eigenvalue weighted by Crippen LogP contribution is 2.29. The summed E-state index contributed by atoms with van der Waals surface area (Å²) in [6.45, 7) is 4.95. The molecule has 0 bridgehead atoms. The molecule has 7 heteroatoms. The van der Waals surface area contributed by atoms with Gasteiger partial charge in [-0.3, -0.25) is 14.6 Å². The van der Waals surface area contributed by atoms with Crippen molar-refractivity contribution >= 4 is 5.97 Å². The zero-order valence-corrected chi connectivity index (χ0v) is 12.3. The number of piperazine rings is 1. The Labute approximate surface area is 127 Å². The van der Waals surface area contributed by atoms with Crippen molar-refractivity contribution in [1.82, 2.24) is 9.80 Å². The summed E-state index contributed by atoms with van der Waals surface area (Å²) < 4.78 is 37.5. The van der Waals surface area contributed by atoms with Gasteiger partial charge < -0.3 is 5.11 Å². The van der Waals surface area contributed by atoms with E-state index in [0.717, 1.165) is 17.7 Å². The minimum atomic E-state index is -4.31. The van der Waals surface area contributed by atoms with Crippen LogP contribution in [0.1, 0.15) is 18.1 Å². The van der Waals surface area contributed by atoms with Gasteiger partial charge in [0.2, 0.25) is 0 Å². The van der Waals surface area contributed by atoms with Gasteiger partial charge in [-0.15, -0.1) is 0 Å². The average Bonchev–Trinajstić information content (AvgIpc) is 2.47. The van der Waals surface area contributed by atoms with Crippen LogP contribution in [0.4, 0.5) is 13.2 Å². The predicted octanol–water partition coefficient (Wildman–Crippen LogP) is 2.30. The minimum Gasteiger partial charge on any atom is -0.480 e. The standard InChI is InChI=1S/C15H19F3N2O2/c1-11(14(21)22)20-8-6-19(7-9-20)10-12-2-4-13(5-3-12)15(16,17)18/h2-5,11H,6-10H2,1H3,(H,21,22). The van der Waals surface area contributed by atoms with Crippen molar-refractivity contribution in [3.8, 4) is 0 Å². The van der Waals surface area contributed by atoms with Crippen LogP contribution in [0.25, 0.3) is 0 Å². The van der Waals surface area contributed by atoms with Crippen LogP contribution in [-0.4, -0.2) is 53.1 Å². The largest absolute Gasteiger partial charge is 0.480 e. The Kier molecular flexibility index (Phi) is 5.08. The first kappa shape index (κ1) is 16.8. The molecule has 0 amide bonds. The van der Waals surface area contributed by atoms with Gasteiger partial charge in [0.05, 0.1) is 5.56 Å². The molecule has 1 aromatic rings. The summed E-state index contributed by atoms with van der Waals surface area (Å²) in [5.74, 6) is -0.837. The molecule has 1 aliphatic rings. The molecule has 1 aliphatic heterocycles. The SMILES string of the molecule is CC(C(=O)O)N1CCN(Cc2ccc(C(F)(F)F)cc2)CC1. The molecule has 22 heavy (non-hydrogen) atoms. The van der Waals surface area contributed by atoms with Gasteiger partial charge in [0.15, 0.2) is 0 Å². The van der Waals surface area contributed by atoms with Gasteiger partial charge in [0.25, 0.3) is 0 Å². The smallest absolute Gasteiger partial charge is 0.416 e. The zero-order valence-electron chi connectivity index (χ0n) is 12.3. The molecule has 1 unspecified atom stereocenters. The number of carboxylic acids is 1. The molecule has 0 spiro atoms. The lowest BCUT2D eigenvalue weighted by Crippen LogP contribution is -2.51. The van der Waals surface area contributed by atoms with Crippen molar-refractivity contribution in [2.75, 3.05) is 26.2 Å². The topological polar surface area (TPSA) is 43.8 Å². The molecule has 1 aromatic carbocycles. The van der Waals surface area contributed by atoms with Crippen molar-refractivity contribution in [3.05, 3.63) is 35.4 Å². The number of alkyl halides is 3. The first-order valence-corrected chi connectivity index (χ1v) is 7.12. The highest BCUT2D eigenvalue weighted by Gasteiger charge is 2.30. The lowest BCUT2D eigenvalue weighted by molar-refractivity contribution is -0.143. The number of carboxylic acid groups (broad SMARTS) is 1. The first-order chi connectivity index (χ1) is 10.3. The predicted molar refractivity (Wildman–Crippen MR) is 75.4 cm³/mol. The van der Waals surface area contributed by atoms with Gasteiger partial charge in [-0.2, -0.15) is 13.2 Å². The normalized spacial score (nSPS) is 19.1. The Morgan fingerprint density at radius 2 is 1.73 bits per heavy atom. The van der Waals surface area contributed by atoms with E-state index in [4.69, 9.17) is 5.11 Å². The quantitative estimate of drug-likeness (QED) is 0.926. The summed E-state index contributed by atoms with van der Waals surface area (Å²) in [5, 5.41) is 8.98. The van der Waals surface area contributed by atoms with E-state index < -0.39 is 23.8 Å². The van der Waals surface area contributed by atoms with Crippen molar-refractivity contribution in [2.24, 2.45) is 0 Å². The van der Waals surface area contributed by atoms with Gasteiger partial charge in [-0.05, 0) is 24.6 Å². The van der Waals surface area contributed by atoms with Crippen LogP contribution in [0.15, 0.2) is 24.3 Å². The van der Waals surface area contributed by atoms with Crippen molar-refractivity contribution in [1.29, 1.82) is 0 Å². The van der Waals surface area contributed by atoms with Gasteiger partial charge >= 0.3 is 12.1 Å². The third kappa shape index (κ3) is 4.20. The van der Waals surface area contributed by atoms with E-state index >= 15 is 0 Å². The molecule has 0 aliphatic carbocycles. The monoisotopic (exact) mass is 316 g/mol. The number of aliphatic carboxylic acids is 1. The molecule has 2 rings (SSSR count). The molecular formula is C15H19F3N2O2. The van der Waals surface area contributed by atoms with Crippen molar-refractivity contribution < 1.29 is 23.1 Å². The molecule has 1 atom stereocenters. The summed E-state index contributed by atoms with van der Waals surface area (Å²) in [4.78, 5) is 14.9. The number of nitrogens with zero attached hydrogens (tertiary/aromatic N) is 2. The molecule has 4 nitrogen and oxygen atoms in total. The summed E-state index contributed by atoms with van der Waals surface area (Å²) >= 11 is 0. The molecule has 0 aromatic heterocycles. The number of rotatable bonds is 4. The minimum absolute atomic E-state index is 0.506. The van der Waals surface area contributed by atoms with E-state index in [1.807, 2.05) is 4.90 Å². The maximum Gasteiger partial charge on any atom is 0.416 e. The second-order valence-electron chi connectivity index (χ2n) is 5.52. The molecule has 1 N–H and O–H groups in total. The van der Waals surface area contributed by atoms with Gasteiger partial charge in [-0.1, -0.05) is 12.1 Å². The number of carbonyl (C=O) groups is 1. The van der Waals surface area contributed by atoms with E-state index in [-0.39, 0.29) is 0 Å². The van der Waals surface area contributed by atoms with Gasteiger partial charge in [0, 0.05) is 32.7 Å². The Balaban J connectivity index is 1.87. The van der Waals surface area contributed by atoms with Crippen molar-refractivity contribution in [3.63, 3.8) is 0 Å². The molecule has 1 heterocycles. The van der Waals surface area contributed by atoms with E-state index in [1.165, 1.54) is 12.1 Å². The molecule has 0 radical (unpaired) electrons. The third-order valence-corrected chi connectivity index (χ3v) is 4.00. The van der Waals surface area contributed by atoms with E-state index in [9.17, 15) is 18.0 Å². The fourth-order valence-electron chi connectivity index (χ4n) is 2.52. The number of halogens is 3. The van der Waals surface area contributed by atoms with Crippen LogP contribution in [0, 0.1) is 0 Å². The van der Waals surface area contributed by atoms with Crippen molar-refractivity contribution in [2.45, 2.75) is 25.7 Å². The summed E-state index contributed by atoms with van der Waals surface area (Å²) in [5.41, 5.74) is 0.184. The maximum atomic E-state index is 12.5. The molecule has 1 saturated heterocycles. The molecule has 0 saturated carbocycles. The summed E-state index contributed by atoms with van der Waals surface area (Å²) in [7, 11) is 0. The fraction of sp³-hybridized carbons (Fsp3) is 0.533. The number of benzene rings is 1. The van der Waals surface area contributed by atoms with Crippen LogP contribution in [0.5, 0.6) is 0 Å². The summed E-state index contributed by atoms with van der Waals surface area (Å²) in [6, 6.07) is 4.67. The Morgan fingerprint density at radius 1 is 1.18 bits per heavy atom. The highest BCUT2D eigenvalue weighted by atomic mass is 19.4. The van der Waals surface area contributed by atoms with Crippen LogP contribution < -0.4 is 0 Å². The Bertz CT molecular complexity index is 509. The summed E-state index contributed by atoms with van der Waals surface area (Å²) in [6.07, 6.45) is -4.31. The second kappa shape index (κ2) is 6.66. The van der Waals surface area contributed by atoms with E-state index in [1.54, 1.807) is 6.92 Å². The first-order valence-electron chi connectivity index (χ1n) is 7.12. The average molecular weight is 316 g/mol. The fourth-order valence-corrected chi connectivity index (χ4v) is 2.52. The number of hydrogen-bond acceptors (Lipinski definition) is 3. The lowest BCUT2D eigenvalue weighted by atomic mass is 10.1.